The fourth-order valence-corrected chi connectivity index (χ4v) is 4.07. The van der Waals surface area contributed by atoms with E-state index >= 15 is 0 Å². The molecule has 1 aromatic heterocycles. The maximum absolute atomic E-state index is 7.74. The Morgan fingerprint density at radius 1 is 0.733 bits per heavy atom. The van der Waals surface area contributed by atoms with Gasteiger partial charge in [-0.15, -0.1) is 0 Å². The molecule has 3 heteroatoms. The highest BCUT2D eigenvalue weighted by atomic mass is 14.9. The fourth-order valence-electron chi connectivity index (χ4n) is 4.07. The summed E-state index contributed by atoms with van der Waals surface area (Å²) in [4.78, 5) is 4.75. The maximum atomic E-state index is 7.74. The van der Waals surface area contributed by atoms with Crippen LogP contribution >= 0.6 is 0 Å². The monoisotopic (exact) mass is 387 g/mol. The first-order chi connectivity index (χ1) is 14.8. The lowest BCUT2D eigenvalue weighted by molar-refractivity contribution is 1.40. The van der Waals surface area contributed by atoms with E-state index in [9.17, 15) is 0 Å². The van der Waals surface area contributed by atoms with Crippen LogP contribution in [0.15, 0.2) is 91.1 Å². The van der Waals surface area contributed by atoms with Gasteiger partial charge in [0, 0.05) is 28.9 Å². The minimum absolute atomic E-state index is 0.913. The Morgan fingerprint density at radius 2 is 1.43 bits per heavy atom. The number of hydrogen-bond donors (Lipinski definition) is 2. The largest absolute Gasteiger partial charge is 0.354 e. The molecule has 0 saturated heterocycles. The third-order valence-electron chi connectivity index (χ3n) is 5.63. The van der Waals surface area contributed by atoms with Crippen molar-refractivity contribution in [2.24, 2.45) is 0 Å². The molecule has 0 fully saturated rings. The van der Waals surface area contributed by atoms with Gasteiger partial charge in [-0.1, -0.05) is 72.8 Å². The average molecular weight is 387 g/mol. The molecule has 0 amide bonds. The molecule has 2 N–H and O–H groups in total. The van der Waals surface area contributed by atoms with Crippen molar-refractivity contribution in [3.05, 3.63) is 102 Å². The molecule has 0 bridgehead atoms. The summed E-state index contributed by atoms with van der Waals surface area (Å²) in [6.07, 6.45) is 3.35. The Bertz CT molecular complexity index is 1400. The Kier molecular flexibility index (Phi) is 4.49. The molecular formula is C27H21N3. The molecule has 0 spiro atoms. The number of para-hydroxylation sites is 1. The van der Waals surface area contributed by atoms with E-state index in [4.69, 9.17) is 10.4 Å². The molecule has 1 heterocycles. The van der Waals surface area contributed by atoms with Crippen LogP contribution in [0.3, 0.4) is 0 Å². The van der Waals surface area contributed by atoms with Crippen molar-refractivity contribution in [2.75, 3.05) is 5.32 Å². The van der Waals surface area contributed by atoms with E-state index in [-0.39, 0.29) is 0 Å². The molecule has 5 rings (SSSR count). The van der Waals surface area contributed by atoms with Gasteiger partial charge in [0.2, 0.25) is 0 Å². The topological polar surface area (TPSA) is 48.8 Å². The van der Waals surface area contributed by atoms with E-state index in [0.29, 0.717) is 0 Å². The summed E-state index contributed by atoms with van der Waals surface area (Å²) in [6, 6.07) is 28.9. The zero-order valence-corrected chi connectivity index (χ0v) is 16.7. The highest BCUT2D eigenvalue weighted by Crippen LogP contribution is 2.34. The van der Waals surface area contributed by atoms with Gasteiger partial charge in [-0.05, 0) is 46.7 Å². The van der Waals surface area contributed by atoms with Gasteiger partial charge in [0.15, 0.2) is 0 Å². The number of pyridine rings is 1. The van der Waals surface area contributed by atoms with E-state index in [1.54, 1.807) is 0 Å². The van der Waals surface area contributed by atoms with E-state index in [0.717, 1.165) is 49.9 Å². The summed E-state index contributed by atoms with van der Waals surface area (Å²) in [5.41, 5.74) is 7.23. The van der Waals surface area contributed by atoms with Crippen LogP contribution in [0.4, 0.5) is 11.4 Å². The van der Waals surface area contributed by atoms with E-state index in [1.807, 2.05) is 30.5 Å². The second-order valence-electron chi connectivity index (χ2n) is 7.38. The minimum Gasteiger partial charge on any atom is -0.354 e. The van der Waals surface area contributed by atoms with E-state index in [1.165, 1.54) is 11.6 Å². The van der Waals surface area contributed by atoms with Crippen molar-refractivity contribution >= 4 is 39.3 Å². The lowest BCUT2D eigenvalue weighted by Gasteiger charge is -2.16. The Labute approximate surface area is 175 Å². The number of rotatable bonds is 4. The van der Waals surface area contributed by atoms with Crippen molar-refractivity contribution in [3.8, 4) is 11.1 Å². The Morgan fingerprint density at radius 3 is 2.33 bits per heavy atom. The first kappa shape index (κ1) is 18.1. The zero-order valence-electron chi connectivity index (χ0n) is 16.7. The molecule has 30 heavy (non-hydrogen) atoms. The number of anilines is 2. The van der Waals surface area contributed by atoms with Gasteiger partial charge in [-0.25, -0.2) is 0 Å². The highest BCUT2D eigenvalue weighted by molar-refractivity contribution is 6.09. The molecule has 0 aliphatic heterocycles. The highest BCUT2D eigenvalue weighted by Gasteiger charge is 2.11. The lowest BCUT2D eigenvalue weighted by atomic mass is 9.95. The molecule has 3 nitrogen and oxygen atoms in total. The quantitative estimate of drug-likeness (QED) is 0.255. The van der Waals surface area contributed by atoms with Crippen molar-refractivity contribution < 1.29 is 0 Å². The molecule has 5 aromatic rings. The number of aromatic nitrogens is 1. The van der Waals surface area contributed by atoms with Crippen LogP contribution in [0.25, 0.3) is 32.8 Å². The van der Waals surface area contributed by atoms with Crippen LogP contribution in [0.1, 0.15) is 11.1 Å². The summed E-state index contributed by atoms with van der Waals surface area (Å²) in [6.45, 7) is 2.12. The molecule has 0 aliphatic rings. The summed E-state index contributed by atoms with van der Waals surface area (Å²) < 4.78 is 0. The fraction of sp³-hybridized carbons (Fsp3) is 0.0370. The first-order valence-corrected chi connectivity index (χ1v) is 9.99. The molecule has 0 unspecified atom stereocenters. The normalized spacial score (nSPS) is 11.0. The van der Waals surface area contributed by atoms with Gasteiger partial charge in [-0.3, -0.25) is 4.98 Å². The Balaban J connectivity index is 1.63. The Hall–Kier alpha value is -3.98. The van der Waals surface area contributed by atoms with Gasteiger partial charge >= 0.3 is 0 Å². The zero-order chi connectivity index (χ0) is 20.5. The van der Waals surface area contributed by atoms with Crippen LogP contribution in [0, 0.1) is 12.3 Å². The van der Waals surface area contributed by atoms with Crippen LogP contribution in [-0.2, 0) is 0 Å². The van der Waals surface area contributed by atoms with Gasteiger partial charge in [0.1, 0.15) is 0 Å². The van der Waals surface area contributed by atoms with Crippen molar-refractivity contribution in [1.29, 1.82) is 5.41 Å². The predicted molar refractivity (Wildman–Crippen MR) is 127 cm³/mol. The molecule has 0 radical (unpaired) electrons. The van der Waals surface area contributed by atoms with E-state index in [2.05, 4.69) is 72.9 Å². The minimum atomic E-state index is 0.913. The number of nitrogens with zero attached hydrogens (tertiary/aromatic N) is 1. The number of benzene rings is 4. The summed E-state index contributed by atoms with van der Waals surface area (Å²) in [7, 11) is 0. The predicted octanol–water partition coefficient (Wildman–Crippen LogP) is 7.10. The first-order valence-electron chi connectivity index (χ1n) is 9.99. The van der Waals surface area contributed by atoms with Crippen LogP contribution in [0.5, 0.6) is 0 Å². The second kappa shape index (κ2) is 7.45. The third-order valence-corrected chi connectivity index (χ3v) is 5.63. The van der Waals surface area contributed by atoms with Crippen LogP contribution in [-0.4, -0.2) is 11.2 Å². The van der Waals surface area contributed by atoms with Gasteiger partial charge < -0.3 is 10.7 Å². The lowest BCUT2D eigenvalue weighted by Crippen LogP contribution is -1.98. The standard InChI is InChI=1S/C27H21N3/c1-18-21(22-10-4-2-8-19(22)16-28)12-6-14-25(18)30-26-15-7-13-24-23-11-5-3-9-20(23)17-29-27(24)26/h2-17,28,30H,1H3. The molecule has 144 valence electrons. The third kappa shape index (κ3) is 3.01. The number of nitrogens with one attached hydrogen (secondary N) is 2. The molecule has 4 aromatic carbocycles. The summed E-state index contributed by atoms with van der Waals surface area (Å²) >= 11 is 0. The smallest absolute Gasteiger partial charge is 0.0943 e. The van der Waals surface area contributed by atoms with Gasteiger partial charge in [0.25, 0.3) is 0 Å². The van der Waals surface area contributed by atoms with Crippen molar-refractivity contribution in [2.45, 2.75) is 6.92 Å². The average Bonchev–Trinajstić information content (AvgIpc) is 2.80. The molecule has 0 atom stereocenters. The summed E-state index contributed by atoms with van der Waals surface area (Å²) in [5, 5.41) is 14.8. The molecular weight excluding hydrogens is 366 g/mol. The van der Waals surface area contributed by atoms with Gasteiger partial charge in [0.05, 0.1) is 11.2 Å². The van der Waals surface area contributed by atoms with Crippen LogP contribution in [0.2, 0.25) is 0 Å². The van der Waals surface area contributed by atoms with Crippen molar-refractivity contribution in [1.82, 2.24) is 4.98 Å². The molecule has 0 saturated carbocycles. The molecule has 0 aliphatic carbocycles. The van der Waals surface area contributed by atoms with Gasteiger partial charge in [-0.2, -0.15) is 0 Å². The number of fused-ring (bicyclic) bond motifs is 3. The van der Waals surface area contributed by atoms with Crippen molar-refractivity contribution in [3.63, 3.8) is 0 Å². The van der Waals surface area contributed by atoms with Crippen LogP contribution < -0.4 is 5.32 Å². The SMILES string of the molecule is Cc1c(Nc2cccc3c2ncc2ccccc23)cccc1-c1ccccc1C=N. The number of hydrogen-bond acceptors (Lipinski definition) is 3. The second-order valence-corrected chi connectivity index (χ2v) is 7.38. The van der Waals surface area contributed by atoms with E-state index < -0.39 is 0 Å². The maximum Gasteiger partial charge on any atom is 0.0943 e. The summed E-state index contributed by atoms with van der Waals surface area (Å²) in [5.74, 6) is 0.